The Morgan fingerprint density at radius 3 is 2.72 bits per heavy atom. The number of halogens is 3. The molecule has 0 spiro atoms. The van der Waals surface area contributed by atoms with Crippen LogP contribution in [-0.4, -0.2) is 37.9 Å². The lowest BCUT2D eigenvalue weighted by Gasteiger charge is -2.34. The monoisotopic (exact) mass is 418 g/mol. The van der Waals surface area contributed by atoms with Crippen LogP contribution in [0.3, 0.4) is 0 Å². The highest BCUT2D eigenvalue weighted by atomic mass is 35.5. The van der Waals surface area contributed by atoms with Crippen molar-refractivity contribution < 1.29 is 13.9 Å². The molecule has 0 fully saturated rings. The van der Waals surface area contributed by atoms with E-state index in [1.165, 1.54) is 23.4 Å². The smallest absolute Gasteiger partial charge is 0.137 e. The van der Waals surface area contributed by atoms with Gasteiger partial charge in [0.2, 0.25) is 0 Å². The molecule has 1 aromatic heterocycles. The quantitative estimate of drug-likeness (QED) is 0.537. The van der Waals surface area contributed by atoms with Gasteiger partial charge in [0.05, 0.1) is 6.54 Å². The highest BCUT2D eigenvalue weighted by Crippen LogP contribution is 2.28. The Bertz CT molecular complexity index is 967. The first-order valence-electron chi connectivity index (χ1n) is 8.97. The predicted molar refractivity (Wildman–Crippen MR) is 107 cm³/mol. The minimum atomic E-state index is -1.69. The summed E-state index contributed by atoms with van der Waals surface area (Å²) >= 11 is 6.07. The summed E-state index contributed by atoms with van der Waals surface area (Å²) < 4.78 is 29.4. The first-order chi connectivity index (χ1) is 13.9. The average Bonchev–Trinajstić information content (AvgIpc) is 3.14. The van der Waals surface area contributed by atoms with E-state index in [-0.39, 0.29) is 18.7 Å². The van der Waals surface area contributed by atoms with Crippen molar-refractivity contribution >= 4 is 11.6 Å². The van der Waals surface area contributed by atoms with Gasteiger partial charge < -0.3 is 5.11 Å². The Balaban J connectivity index is 1.93. The van der Waals surface area contributed by atoms with Crippen LogP contribution in [0.2, 0.25) is 5.02 Å². The van der Waals surface area contributed by atoms with E-state index in [4.69, 9.17) is 11.6 Å². The lowest BCUT2D eigenvalue weighted by Crippen LogP contribution is -2.44. The fourth-order valence-corrected chi connectivity index (χ4v) is 3.51. The predicted octanol–water partition coefficient (Wildman–Crippen LogP) is 3.79. The molecule has 1 heterocycles. The van der Waals surface area contributed by atoms with E-state index in [0.717, 1.165) is 17.7 Å². The average molecular weight is 419 g/mol. The van der Waals surface area contributed by atoms with E-state index in [2.05, 4.69) is 16.7 Å². The third-order valence-electron chi connectivity index (χ3n) is 4.49. The normalized spacial score (nSPS) is 13.4. The highest BCUT2D eigenvalue weighted by Gasteiger charge is 2.35. The van der Waals surface area contributed by atoms with Gasteiger partial charge in [-0.25, -0.2) is 18.4 Å². The Hall–Kier alpha value is -2.61. The molecule has 3 rings (SSSR count). The third kappa shape index (κ3) is 5.47. The van der Waals surface area contributed by atoms with Crippen molar-refractivity contribution in [3.8, 4) is 0 Å². The van der Waals surface area contributed by atoms with Crippen LogP contribution in [0.4, 0.5) is 8.78 Å². The largest absolute Gasteiger partial charge is 0.382 e. The SMILES string of the molecule is C=CCN(Cc1cccc(Cl)c1)C[C@](O)(Cn1cncn1)c1ccc(F)cc1F. The van der Waals surface area contributed by atoms with Gasteiger partial charge in [-0.15, -0.1) is 6.58 Å². The lowest BCUT2D eigenvalue weighted by atomic mass is 9.92. The number of hydrogen-bond acceptors (Lipinski definition) is 4. The van der Waals surface area contributed by atoms with Crippen molar-refractivity contribution in [2.24, 2.45) is 0 Å². The summed E-state index contributed by atoms with van der Waals surface area (Å²) in [5.41, 5.74) is -0.774. The molecule has 0 saturated heterocycles. The molecule has 0 aliphatic carbocycles. The van der Waals surface area contributed by atoms with Gasteiger partial charge in [0.25, 0.3) is 0 Å². The van der Waals surface area contributed by atoms with Crippen molar-refractivity contribution in [3.63, 3.8) is 0 Å². The number of benzene rings is 2. The molecule has 0 radical (unpaired) electrons. The first kappa shape index (κ1) is 21.1. The van der Waals surface area contributed by atoms with Gasteiger partial charge in [0.1, 0.15) is 29.9 Å². The lowest BCUT2D eigenvalue weighted by molar-refractivity contribution is -0.0210. The molecule has 1 atom stereocenters. The molecule has 0 unspecified atom stereocenters. The van der Waals surface area contributed by atoms with Crippen LogP contribution in [0.5, 0.6) is 0 Å². The summed E-state index contributed by atoms with van der Waals surface area (Å²) in [4.78, 5) is 5.77. The van der Waals surface area contributed by atoms with Crippen LogP contribution < -0.4 is 0 Å². The van der Waals surface area contributed by atoms with Gasteiger partial charge in [-0.1, -0.05) is 35.9 Å². The molecule has 2 aromatic carbocycles. The van der Waals surface area contributed by atoms with Crippen LogP contribution >= 0.6 is 11.6 Å². The number of aliphatic hydroxyl groups is 1. The van der Waals surface area contributed by atoms with E-state index in [1.54, 1.807) is 12.1 Å². The zero-order chi connectivity index (χ0) is 20.9. The molecular formula is C21H21ClF2N4O. The molecule has 0 bridgehead atoms. The molecule has 29 heavy (non-hydrogen) atoms. The zero-order valence-corrected chi connectivity index (χ0v) is 16.4. The summed E-state index contributed by atoms with van der Waals surface area (Å²) in [5, 5.41) is 16.1. The summed E-state index contributed by atoms with van der Waals surface area (Å²) in [6.07, 6.45) is 4.46. The minimum Gasteiger partial charge on any atom is -0.382 e. The van der Waals surface area contributed by atoms with Crippen LogP contribution in [0.15, 0.2) is 67.8 Å². The van der Waals surface area contributed by atoms with E-state index < -0.39 is 17.2 Å². The minimum absolute atomic E-state index is 0.0189. The summed E-state index contributed by atoms with van der Waals surface area (Å²) in [6.45, 7) is 4.65. The second-order valence-corrected chi connectivity index (χ2v) is 7.27. The maximum atomic E-state index is 14.6. The van der Waals surface area contributed by atoms with Crippen molar-refractivity contribution in [1.29, 1.82) is 0 Å². The van der Waals surface area contributed by atoms with Crippen LogP contribution in [0.25, 0.3) is 0 Å². The standard InChI is InChI=1S/C21H21ClF2N4O/c1-2-8-27(11-16-4-3-5-17(22)9-16)12-21(29,13-28-15-25-14-26-28)19-7-6-18(23)10-20(19)24/h2-7,9-10,14-15,29H,1,8,11-13H2/t21-/m0/s1. The molecule has 0 amide bonds. The number of aromatic nitrogens is 3. The Morgan fingerprint density at radius 2 is 2.07 bits per heavy atom. The fourth-order valence-electron chi connectivity index (χ4n) is 3.30. The molecule has 0 aliphatic heterocycles. The van der Waals surface area contributed by atoms with E-state index in [1.807, 2.05) is 23.1 Å². The summed E-state index contributed by atoms with van der Waals surface area (Å²) in [7, 11) is 0. The number of rotatable bonds is 9. The molecule has 0 aliphatic rings. The molecule has 3 aromatic rings. The second kappa shape index (κ2) is 9.26. The highest BCUT2D eigenvalue weighted by molar-refractivity contribution is 6.30. The molecule has 5 nitrogen and oxygen atoms in total. The van der Waals surface area contributed by atoms with Gasteiger partial charge in [-0.05, 0) is 23.8 Å². The third-order valence-corrected chi connectivity index (χ3v) is 4.73. The van der Waals surface area contributed by atoms with Gasteiger partial charge in [0, 0.05) is 36.3 Å². The van der Waals surface area contributed by atoms with Crippen molar-refractivity contribution in [3.05, 3.63) is 95.6 Å². The van der Waals surface area contributed by atoms with Gasteiger partial charge in [0.15, 0.2) is 0 Å². The summed E-state index contributed by atoms with van der Waals surface area (Å²) in [5.74, 6) is -1.54. The van der Waals surface area contributed by atoms with Crippen molar-refractivity contribution in [2.75, 3.05) is 13.1 Å². The second-order valence-electron chi connectivity index (χ2n) is 6.84. The maximum Gasteiger partial charge on any atom is 0.137 e. The fraction of sp³-hybridized carbons (Fsp3) is 0.238. The Morgan fingerprint density at radius 1 is 1.24 bits per heavy atom. The van der Waals surface area contributed by atoms with Gasteiger partial charge in [-0.3, -0.25) is 4.90 Å². The molecule has 0 saturated carbocycles. The van der Waals surface area contributed by atoms with E-state index in [9.17, 15) is 13.9 Å². The first-order valence-corrected chi connectivity index (χ1v) is 9.35. The Kier molecular flexibility index (Phi) is 6.74. The van der Waals surface area contributed by atoms with Crippen LogP contribution in [-0.2, 0) is 18.7 Å². The molecule has 1 N–H and O–H groups in total. The van der Waals surface area contributed by atoms with E-state index in [0.29, 0.717) is 18.1 Å². The molecule has 152 valence electrons. The zero-order valence-electron chi connectivity index (χ0n) is 15.7. The Labute approximate surface area is 172 Å². The van der Waals surface area contributed by atoms with Crippen LogP contribution in [0, 0.1) is 11.6 Å². The molecular weight excluding hydrogens is 398 g/mol. The van der Waals surface area contributed by atoms with Crippen LogP contribution in [0.1, 0.15) is 11.1 Å². The van der Waals surface area contributed by atoms with Crippen molar-refractivity contribution in [1.82, 2.24) is 19.7 Å². The molecule has 8 heteroatoms. The topological polar surface area (TPSA) is 54.2 Å². The van der Waals surface area contributed by atoms with Gasteiger partial charge >= 0.3 is 0 Å². The van der Waals surface area contributed by atoms with E-state index >= 15 is 0 Å². The van der Waals surface area contributed by atoms with Crippen molar-refractivity contribution in [2.45, 2.75) is 18.7 Å². The number of nitrogens with zero attached hydrogens (tertiary/aromatic N) is 4. The number of hydrogen-bond donors (Lipinski definition) is 1. The maximum absolute atomic E-state index is 14.6. The van der Waals surface area contributed by atoms with Gasteiger partial charge in [-0.2, -0.15) is 5.10 Å². The summed E-state index contributed by atoms with van der Waals surface area (Å²) in [6, 6.07) is 10.5.